The summed E-state index contributed by atoms with van der Waals surface area (Å²) in [5.74, 6) is 0.250. The van der Waals surface area contributed by atoms with E-state index in [9.17, 15) is 0 Å². The van der Waals surface area contributed by atoms with Gasteiger partial charge in [0.25, 0.3) is 0 Å². The summed E-state index contributed by atoms with van der Waals surface area (Å²) in [6.07, 6.45) is 1.47. The highest BCUT2D eigenvalue weighted by Crippen LogP contribution is 2.05. The zero-order valence-corrected chi connectivity index (χ0v) is 7.59. The lowest BCUT2D eigenvalue weighted by Gasteiger charge is -2.11. The zero-order chi connectivity index (χ0) is 8.57. The topological polar surface area (TPSA) is 46.2 Å². The maximum atomic E-state index is 8.73. The summed E-state index contributed by atoms with van der Waals surface area (Å²) < 4.78 is 0. The van der Waals surface area contributed by atoms with E-state index < -0.39 is 6.23 Å². The SMILES string of the molecule is CC.CCCC(C)C(N)O. The number of hydrogen-bond acceptors (Lipinski definition) is 2. The van der Waals surface area contributed by atoms with Crippen molar-refractivity contribution in [2.75, 3.05) is 0 Å². The number of aliphatic hydroxyl groups excluding tert-OH is 1. The van der Waals surface area contributed by atoms with E-state index in [1.807, 2.05) is 20.8 Å². The van der Waals surface area contributed by atoms with Gasteiger partial charge in [0.2, 0.25) is 0 Å². The van der Waals surface area contributed by atoms with Crippen molar-refractivity contribution in [2.24, 2.45) is 11.7 Å². The van der Waals surface area contributed by atoms with Gasteiger partial charge < -0.3 is 10.8 Å². The Balaban J connectivity index is 0. The van der Waals surface area contributed by atoms with Crippen molar-refractivity contribution in [3.63, 3.8) is 0 Å². The third-order valence-corrected chi connectivity index (χ3v) is 1.33. The molecule has 2 atom stereocenters. The smallest absolute Gasteiger partial charge is 0.104 e. The van der Waals surface area contributed by atoms with Crippen LogP contribution in [0, 0.1) is 5.92 Å². The van der Waals surface area contributed by atoms with Crippen LogP contribution in [0.15, 0.2) is 0 Å². The van der Waals surface area contributed by atoms with Crippen LogP contribution >= 0.6 is 0 Å². The van der Waals surface area contributed by atoms with Crippen LogP contribution in [0.4, 0.5) is 0 Å². The van der Waals surface area contributed by atoms with Gasteiger partial charge in [0.05, 0.1) is 0 Å². The number of rotatable bonds is 3. The van der Waals surface area contributed by atoms with Crippen LogP contribution in [0.1, 0.15) is 40.5 Å². The molecule has 2 unspecified atom stereocenters. The molecule has 3 N–H and O–H groups in total. The summed E-state index contributed by atoms with van der Waals surface area (Å²) in [4.78, 5) is 0. The van der Waals surface area contributed by atoms with Crippen LogP contribution in [0.2, 0.25) is 0 Å². The van der Waals surface area contributed by atoms with Gasteiger partial charge in [-0.05, 0) is 12.3 Å². The Morgan fingerprint density at radius 1 is 1.40 bits per heavy atom. The predicted octanol–water partition coefficient (Wildman–Crippen LogP) is 1.73. The molecule has 0 amide bonds. The lowest BCUT2D eigenvalue weighted by atomic mass is 10.1. The van der Waals surface area contributed by atoms with Crippen molar-refractivity contribution in [1.29, 1.82) is 0 Å². The lowest BCUT2D eigenvalue weighted by Crippen LogP contribution is -2.27. The Hall–Kier alpha value is -0.0800. The van der Waals surface area contributed by atoms with E-state index in [1.54, 1.807) is 0 Å². The molecule has 0 aromatic carbocycles. The minimum atomic E-state index is -0.630. The Labute approximate surface area is 64.4 Å². The van der Waals surface area contributed by atoms with E-state index in [2.05, 4.69) is 6.92 Å². The van der Waals surface area contributed by atoms with Crippen LogP contribution < -0.4 is 5.73 Å². The molecule has 0 fully saturated rings. The van der Waals surface area contributed by atoms with Crippen molar-refractivity contribution < 1.29 is 5.11 Å². The number of nitrogens with two attached hydrogens (primary N) is 1. The van der Waals surface area contributed by atoms with Crippen LogP contribution in [0.5, 0.6) is 0 Å². The Kier molecular flexibility index (Phi) is 11.2. The van der Waals surface area contributed by atoms with Gasteiger partial charge in [0, 0.05) is 0 Å². The van der Waals surface area contributed by atoms with Gasteiger partial charge in [0.1, 0.15) is 6.23 Å². The van der Waals surface area contributed by atoms with E-state index in [0.717, 1.165) is 12.8 Å². The van der Waals surface area contributed by atoms with Crippen molar-refractivity contribution >= 4 is 0 Å². The minimum absolute atomic E-state index is 0.250. The molecule has 0 spiro atoms. The molecule has 10 heavy (non-hydrogen) atoms. The molecule has 64 valence electrons. The quantitative estimate of drug-likeness (QED) is 0.597. The van der Waals surface area contributed by atoms with E-state index >= 15 is 0 Å². The first-order chi connectivity index (χ1) is 4.68. The highest BCUT2D eigenvalue weighted by atomic mass is 16.3. The summed E-state index contributed by atoms with van der Waals surface area (Å²) in [6, 6.07) is 0. The summed E-state index contributed by atoms with van der Waals surface area (Å²) in [7, 11) is 0. The van der Waals surface area contributed by atoms with Crippen LogP contribution in [0.25, 0.3) is 0 Å². The lowest BCUT2D eigenvalue weighted by molar-refractivity contribution is 0.118. The molecule has 0 aromatic heterocycles. The molecule has 0 aliphatic heterocycles. The van der Waals surface area contributed by atoms with Gasteiger partial charge >= 0.3 is 0 Å². The summed E-state index contributed by atoms with van der Waals surface area (Å²) >= 11 is 0. The maximum Gasteiger partial charge on any atom is 0.104 e. The first-order valence-electron chi connectivity index (χ1n) is 4.12. The van der Waals surface area contributed by atoms with E-state index in [0.29, 0.717) is 0 Å². The van der Waals surface area contributed by atoms with E-state index in [1.165, 1.54) is 0 Å². The second-order valence-electron chi connectivity index (χ2n) is 2.26. The molecule has 2 nitrogen and oxygen atoms in total. The standard InChI is InChI=1S/C6H15NO.C2H6/c1-3-4-5(2)6(7)8;1-2/h5-6,8H,3-4,7H2,1-2H3;1-2H3. The molecule has 0 rings (SSSR count). The highest BCUT2D eigenvalue weighted by Gasteiger charge is 2.05. The van der Waals surface area contributed by atoms with Crippen LogP contribution in [-0.2, 0) is 0 Å². The highest BCUT2D eigenvalue weighted by molar-refractivity contribution is 4.55. The van der Waals surface area contributed by atoms with E-state index in [4.69, 9.17) is 10.8 Å². The Morgan fingerprint density at radius 2 is 1.80 bits per heavy atom. The summed E-state index contributed by atoms with van der Waals surface area (Å²) in [5, 5.41) is 8.73. The molecular formula is C8H21NO. The largest absolute Gasteiger partial charge is 0.379 e. The molecule has 0 aliphatic carbocycles. The van der Waals surface area contributed by atoms with Gasteiger partial charge in [-0.15, -0.1) is 0 Å². The molecule has 0 aliphatic rings. The fourth-order valence-electron chi connectivity index (χ4n) is 0.626. The van der Waals surface area contributed by atoms with Gasteiger partial charge in [-0.1, -0.05) is 34.1 Å². The third-order valence-electron chi connectivity index (χ3n) is 1.33. The third kappa shape index (κ3) is 7.92. The van der Waals surface area contributed by atoms with Crippen molar-refractivity contribution in [2.45, 2.75) is 46.8 Å². The van der Waals surface area contributed by atoms with Gasteiger partial charge in [-0.25, -0.2) is 0 Å². The summed E-state index contributed by atoms with van der Waals surface area (Å²) in [6.45, 7) is 8.03. The van der Waals surface area contributed by atoms with Crippen LogP contribution in [0.3, 0.4) is 0 Å². The minimum Gasteiger partial charge on any atom is -0.379 e. The molecule has 0 aromatic rings. The monoisotopic (exact) mass is 147 g/mol. The first kappa shape index (κ1) is 12.6. The average molecular weight is 147 g/mol. The molecule has 0 saturated carbocycles. The fraction of sp³-hybridized carbons (Fsp3) is 1.00. The Bertz CT molecular complexity index is 55.2. The van der Waals surface area contributed by atoms with Gasteiger partial charge in [0.15, 0.2) is 0 Å². The van der Waals surface area contributed by atoms with Crippen LogP contribution in [-0.4, -0.2) is 11.3 Å². The first-order valence-corrected chi connectivity index (χ1v) is 4.12. The zero-order valence-electron chi connectivity index (χ0n) is 7.59. The summed E-state index contributed by atoms with van der Waals surface area (Å²) in [5.41, 5.74) is 5.18. The second-order valence-corrected chi connectivity index (χ2v) is 2.26. The second kappa shape index (κ2) is 8.92. The van der Waals surface area contributed by atoms with Gasteiger partial charge in [-0.3, -0.25) is 0 Å². The molecule has 0 saturated heterocycles. The molecule has 0 bridgehead atoms. The van der Waals surface area contributed by atoms with Gasteiger partial charge in [-0.2, -0.15) is 0 Å². The maximum absolute atomic E-state index is 8.73. The normalized spacial score (nSPS) is 15.0. The molecule has 2 heteroatoms. The molecular weight excluding hydrogens is 126 g/mol. The molecule has 0 heterocycles. The van der Waals surface area contributed by atoms with Crippen molar-refractivity contribution in [3.8, 4) is 0 Å². The predicted molar refractivity (Wildman–Crippen MR) is 45.6 cm³/mol. The van der Waals surface area contributed by atoms with Crippen molar-refractivity contribution in [3.05, 3.63) is 0 Å². The number of aliphatic hydroxyl groups is 1. The number of hydrogen-bond donors (Lipinski definition) is 2. The molecule has 0 radical (unpaired) electrons. The van der Waals surface area contributed by atoms with Crippen molar-refractivity contribution in [1.82, 2.24) is 0 Å². The van der Waals surface area contributed by atoms with E-state index in [-0.39, 0.29) is 5.92 Å². The average Bonchev–Trinajstić information content (AvgIpc) is 1.93. The fourth-order valence-corrected chi connectivity index (χ4v) is 0.626. The Morgan fingerprint density at radius 3 is 1.90 bits per heavy atom.